The van der Waals surface area contributed by atoms with Crippen LogP contribution in [0.1, 0.15) is 6.92 Å². The fourth-order valence-corrected chi connectivity index (χ4v) is 2.73. The molecule has 1 aromatic carbocycles. The third-order valence-corrected chi connectivity index (χ3v) is 4.17. The molecule has 0 aliphatic carbocycles. The predicted molar refractivity (Wildman–Crippen MR) is 91.7 cm³/mol. The molecule has 0 atom stereocenters. The Hall–Kier alpha value is -2.77. The minimum Gasteiger partial charge on any atom is -0.497 e. The van der Waals surface area contributed by atoms with Crippen molar-refractivity contribution in [3.63, 3.8) is 0 Å². The first-order valence-electron chi connectivity index (χ1n) is 8.05. The maximum Gasteiger partial charge on any atom is 0.323 e. The molecular formula is C17H23N3O5. The fraction of sp³-hybridized carbons (Fsp3) is 0.471. The van der Waals surface area contributed by atoms with E-state index in [0.29, 0.717) is 37.6 Å². The van der Waals surface area contributed by atoms with Gasteiger partial charge in [0.25, 0.3) is 0 Å². The van der Waals surface area contributed by atoms with Crippen molar-refractivity contribution < 1.29 is 24.2 Å². The summed E-state index contributed by atoms with van der Waals surface area (Å²) in [6.45, 7) is 3.13. The van der Waals surface area contributed by atoms with Gasteiger partial charge in [-0.15, -0.1) is 0 Å². The number of piperazine rings is 1. The van der Waals surface area contributed by atoms with Gasteiger partial charge in [0.15, 0.2) is 0 Å². The van der Waals surface area contributed by atoms with Crippen LogP contribution in [-0.4, -0.2) is 79.1 Å². The van der Waals surface area contributed by atoms with Gasteiger partial charge in [-0.1, -0.05) is 0 Å². The SMILES string of the molecule is COc1ccc(N(CC(=O)O)CC(=O)N2CCN(C(C)=O)CC2)cc1. The molecule has 136 valence electrons. The summed E-state index contributed by atoms with van der Waals surface area (Å²) >= 11 is 0. The standard InChI is InChI=1S/C17H23N3O5/c1-13(21)18-7-9-19(10-8-18)16(22)11-20(12-17(23)24)14-3-5-15(25-2)6-4-14/h3-6H,7-12H2,1-2H3,(H,23,24). The van der Waals surface area contributed by atoms with Crippen molar-refractivity contribution in [2.75, 3.05) is 51.3 Å². The molecule has 1 saturated heterocycles. The highest BCUT2D eigenvalue weighted by Gasteiger charge is 2.24. The Morgan fingerprint density at radius 3 is 2.08 bits per heavy atom. The summed E-state index contributed by atoms with van der Waals surface area (Å²) in [6, 6.07) is 6.89. The van der Waals surface area contributed by atoms with E-state index in [2.05, 4.69) is 0 Å². The fourth-order valence-electron chi connectivity index (χ4n) is 2.73. The average molecular weight is 349 g/mol. The highest BCUT2D eigenvalue weighted by molar-refractivity contribution is 5.84. The van der Waals surface area contributed by atoms with Gasteiger partial charge in [0.1, 0.15) is 12.3 Å². The first-order chi connectivity index (χ1) is 11.9. The predicted octanol–water partition coefficient (Wildman–Crippen LogP) is 0.277. The maximum atomic E-state index is 12.5. The lowest BCUT2D eigenvalue weighted by atomic mass is 10.2. The number of carbonyl (C=O) groups excluding carboxylic acids is 2. The lowest BCUT2D eigenvalue weighted by Crippen LogP contribution is -2.52. The molecule has 8 nitrogen and oxygen atoms in total. The molecule has 0 spiro atoms. The van der Waals surface area contributed by atoms with Gasteiger partial charge in [-0.3, -0.25) is 14.4 Å². The number of carboxylic acids is 1. The molecule has 25 heavy (non-hydrogen) atoms. The lowest BCUT2D eigenvalue weighted by molar-refractivity contribution is -0.138. The quantitative estimate of drug-likeness (QED) is 0.793. The number of hydrogen-bond donors (Lipinski definition) is 1. The number of benzene rings is 1. The smallest absolute Gasteiger partial charge is 0.323 e. The number of carbonyl (C=O) groups is 3. The van der Waals surface area contributed by atoms with E-state index < -0.39 is 5.97 Å². The number of anilines is 1. The van der Waals surface area contributed by atoms with Crippen LogP contribution in [0.3, 0.4) is 0 Å². The first kappa shape index (κ1) is 18.6. The number of rotatable bonds is 6. The van der Waals surface area contributed by atoms with Crippen LogP contribution in [0.5, 0.6) is 5.75 Å². The van der Waals surface area contributed by atoms with Crippen molar-refractivity contribution >= 4 is 23.5 Å². The van der Waals surface area contributed by atoms with E-state index >= 15 is 0 Å². The van der Waals surface area contributed by atoms with Gasteiger partial charge in [0.05, 0.1) is 13.7 Å². The molecule has 1 aromatic rings. The van der Waals surface area contributed by atoms with Crippen molar-refractivity contribution in [3.05, 3.63) is 24.3 Å². The van der Waals surface area contributed by atoms with Crippen LogP contribution in [0, 0.1) is 0 Å². The zero-order valence-corrected chi connectivity index (χ0v) is 14.5. The summed E-state index contributed by atoms with van der Waals surface area (Å²) in [5, 5.41) is 9.13. The summed E-state index contributed by atoms with van der Waals surface area (Å²) in [4.78, 5) is 39.9. The average Bonchev–Trinajstić information content (AvgIpc) is 2.61. The second-order valence-corrected chi connectivity index (χ2v) is 5.83. The highest BCUT2D eigenvalue weighted by Crippen LogP contribution is 2.19. The molecule has 0 radical (unpaired) electrons. The van der Waals surface area contributed by atoms with E-state index in [9.17, 15) is 14.4 Å². The van der Waals surface area contributed by atoms with Gasteiger partial charge in [-0.2, -0.15) is 0 Å². The van der Waals surface area contributed by atoms with Gasteiger partial charge in [0.2, 0.25) is 11.8 Å². The van der Waals surface area contributed by atoms with Crippen molar-refractivity contribution in [1.29, 1.82) is 0 Å². The molecule has 8 heteroatoms. The topological polar surface area (TPSA) is 90.4 Å². The number of nitrogens with zero attached hydrogens (tertiary/aromatic N) is 3. The van der Waals surface area contributed by atoms with Gasteiger partial charge >= 0.3 is 5.97 Å². The molecule has 0 bridgehead atoms. The van der Waals surface area contributed by atoms with Crippen LogP contribution < -0.4 is 9.64 Å². The number of hydrogen-bond acceptors (Lipinski definition) is 5. The Morgan fingerprint density at radius 2 is 1.60 bits per heavy atom. The minimum atomic E-state index is -1.01. The highest BCUT2D eigenvalue weighted by atomic mass is 16.5. The normalized spacial score (nSPS) is 14.2. The second kappa shape index (κ2) is 8.36. The number of carboxylic acid groups (broad SMARTS) is 1. The van der Waals surface area contributed by atoms with E-state index in [-0.39, 0.29) is 24.9 Å². The van der Waals surface area contributed by atoms with E-state index in [0.717, 1.165) is 0 Å². The number of ether oxygens (including phenoxy) is 1. The molecule has 1 fully saturated rings. The number of aliphatic carboxylic acids is 1. The molecule has 0 aromatic heterocycles. The first-order valence-corrected chi connectivity index (χ1v) is 8.05. The summed E-state index contributed by atoms with van der Waals surface area (Å²) < 4.78 is 5.09. The summed E-state index contributed by atoms with van der Waals surface area (Å²) in [6.07, 6.45) is 0. The van der Waals surface area contributed by atoms with Gasteiger partial charge in [-0.25, -0.2) is 0 Å². The summed E-state index contributed by atoms with van der Waals surface area (Å²) in [5.41, 5.74) is 0.638. The Balaban J connectivity index is 2.02. The van der Waals surface area contributed by atoms with Gasteiger partial charge in [0, 0.05) is 38.8 Å². The third kappa shape index (κ3) is 5.10. The maximum absolute atomic E-state index is 12.5. The van der Waals surface area contributed by atoms with Crippen LogP contribution in [-0.2, 0) is 14.4 Å². The van der Waals surface area contributed by atoms with Crippen molar-refractivity contribution in [3.8, 4) is 5.75 Å². The van der Waals surface area contributed by atoms with E-state index in [1.807, 2.05) is 0 Å². The number of methoxy groups -OCH3 is 1. The largest absolute Gasteiger partial charge is 0.497 e. The van der Waals surface area contributed by atoms with Crippen molar-refractivity contribution in [2.45, 2.75) is 6.92 Å². The van der Waals surface area contributed by atoms with Crippen molar-refractivity contribution in [1.82, 2.24) is 9.80 Å². The van der Waals surface area contributed by atoms with E-state index in [1.54, 1.807) is 41.2 Å². The van der Waals surface area contributed by atoms with Crippen LogP contribution in [0.25, 0.3) is 0 Å². The molecule has 0 saturated carbocycles. The number of amides is 2. The van der Waals surface area contributed by atoms with Crippen LogP contribution in [0.2, 0.25) is 0 Å². The summed E-state index contributed by atoms with van der Waals surface area (Å²) in [7, 11) is 1.55. The van der Waals surface area contributed by atoms with E-state index in [1.165, 1.54) is 11.8 Å². The molecule has 1 aliphatic rings. The zero-order valence-electron chi connectivity index (χ0n) is 14.5. The molecule has 1 heterocycles. The second-order valence-electron chi connectivity index (χ2n) is 5.83. The minimum absolute atomic E-state index is 0.00200. The molecule has 1 N–H and O–H groups in total. The third-order valence-electron chi connectivity index (χ3n) is 4.17. The lowest BCUT2D eigenvalue weighted by Gasteiger charge is -2.35. The van der Waals surface area contributed by atoms with Crippen LogP contribution in [0.4, 0.5) is 5.69 Å². The van der Waals surface area contributed by atoms with Crippen LogP contribution in [0.15, 0.2) is 24.3 Å². The Morgan fingerprint density at radius 1 is 1.04 bits per heavy atom. The molecule has 1 aliphatic heterocycles. The molecular weight excluding hydrogens is 326 g/mol. The molecule has 2 amide bonds. The summed E-state index contributed by atoms with van der Waals surface area (Å²) in [5.74, 6) is -0.506. The Kier molecular flexibility index (Phi) is 6.21. The monoisotopic (exact) mass is 349 g/mol. The Labute approximate surface area is 146 Å². The van der Waals surface area contributed by atoms with Crippen molar-refractivity contribution in [2.24, 2.45) is 0 Å². The van der Waals surface area contributed by atoms with E-state index in [4.69, 9.17) is 9.84 Å². The molecule has 0 unspecified atom stereocenters. The molecule has 2 rings (SSSR count). The zero-order chi connectivity index (χ0) is 18.4. The van der Waals surface area contributed by atoms with Gasteiger partial charge < -0.3 is 24.5 Å². The van der Waals surface area contributed by atoms with Gasteiger partial charge in [-0.05, 0) is 24.3 Å². The Bertz CT molecular complexity index is 624. The van der Waals surface area contributed by atoms with Crippen LogP contribution >= 0.6 is 0 Å².